The van der Waals surface area contributed by atoms with Gasteiger partial charge in [-0.25, -0.2) is 9.18 Å². The van der Waals surface area contributed by atoms with Crippen LogP contribution in [0, 0.1) is 5.82 Å². The van der Waals surface area contributed by atoms with Crippen LogP contribution in [0.25, 0.3) is 6.08 Å². The Morgan fingerprint density at radius 2 is 1.74 bits per heavy atom. The first-order valence-corrected chi connectivity index (χ1v) is 11.7. The lowest BCUT2D eigenvalue weighted by Crippen LogP contribution is -2.27. The van der Waals surface area contributed by atoms with Crippen LogP contribution in [0.2, 0.25) is 10.0 Å². The summed E-state index contributed by atoms with van der Waals surface area (Å²) >= 11 is 13.1. The molecule has 1 aliphatic rings. The molecule has 0 spiro atoms. The number of hydrogen-bond donors (Lipinski definition) is 0. The summed E-state index contributed by atoms with van der Waals surface area (Å²) in [6.45, 7) is -0.0607. The monoisotopic (exact) mass is 531 g/mol. The highest BCUT2D eigenvalue weighted by Crippen LogP contribution is 2.37. The van der Waals surface area contributed by atoms with Gasteiger partial charge in [0.2, 0.25) is 0 Å². The van der Waals surface area contributed by atoms with E-state index in [0.29, 0.717) is 21.2 Å². The maximum absolute atomic E-state index is 13.9. The number of amides is 2. The second kappa shape index (κ2) is 10.5. The third-order valence-electron chi connectivity index (χ3n) is 5.03. The van der Waals surface area contributed by atoms with Crippen molar-refractivity contribution in [3.63, 3.8) is 0 Å². The fourth-order valence-electron chi connectivity index (χ4n) is 3.27. The zero-order valence-corrected chi connectivity index (χ0v) is 20.4. The summed E-state index contributed by atoms with van der Waals surface area (Å²) in [4.78, 5) is 39.0. The van der Waals surface area contributed by atoms with Gasteiger partial charge in [-0.3, -0.25) is 14.5 Å². The topological polar surface area (TPSA) is 72.9 Å². The summed E-state index contributed by atoms with van der Waals surface area (Å²) in [5.74, 6) is -1.83. The molecule has 0 bridgehead atoms. The highest BCUT2D eigenvalue weighted by molar-refractivity contribution is 8.18. The Kier molecular flexibility index (Phi) is 7.45. The molecule has 0 aliphatic carbocycles. The fourth-order valence-corrected chi connectivity index (χ4v) is 4.62. The molecule has 1 fully saturated rings. The number of esters is 1. The molecule has 0 saturated carbocycles. The van der Waals surface area contributed by atoms with Gasteiger partial charge in [0.25, 0.3) is 11.1 Å². The number of nitrogens with zero attached hydrogens (tertiary/aromatic N) is 1. The molecule has 1 aliphatic heterocycles. The van der Waals surface area contributed by atoms with E-state index in [2.05, 4.69) is 0 Å². The smallest absolute Gasteiger partial charge is 0.346 e. The molecule has 10 heteroatoms. The van der Waals surface area contributed by atoms with Crippen molar-refractivity contribution in [2.45, 2.75) is 6.54 Å². The predicted octanol–water partition coefficient (Wildman–Crippen LogP) is 6.60. The Labute approximate surface area is 214 Å². The van der Waals surface area contributed by atoms with Crippen LogP contribution < -0.4 is 9.47 Å². The van der Waals surface area contributed by atoms with Crippen LogP contribution in [-0.2, 0) is 11.3 Å². The van der Waals surface area contributed by atoms with Crippen LogP contribution in [0.5, 0.6) is 11.5 Å². The zero-order valence-electron chi connectivity index (χ0n) is 18.1. The van der Waals surface area contributed by atoms with Gasteiger partial charge in [-0.1, -0.05) is 47.5 Å². The third-order valence-corrected chi connectivity index (χ3v) is 6.65. The van der Waals surface area contributed by atoms with Crippen molar-refractivity contribution in [1.29, 1.82) is 0 Å². The van der Waals surface area contributed by atoms with E-state index < -0.39 is 22.9 Å². The van der Waals surface area contributed by atoms with Crippen molar-refractivity contribution in [2.75, 3.05) is 7.11 Å². The number of methoxy groups -OCH3 is 1. The largest absolute Gasteiger partial charge is 0.493 e. The lowest BCUT2D eigenvalue weighted by Gasteiger charge is -2.14. The molecule has 178 valence electrons. The molecule has 0 radical (unpaired) electrons. The summed E-state index contributed by atoms with van der Waals surface area (Å²) in [5, 5.41) is 0.246. The molecule has 35 heavy (non-hydrogen) atoms. The first kappa shape index (κ1) is 24.8. The quantitative estimate of drug-likeness (QED) is 0.203. The Balaban J connectivity index is 1.54. The van der Waals surface area contributed by atoms with E-state index >= 15 is 0 Å². The number of hydrogen-bond acceptors (Lipinski definition) is 6. The maximum atomic E-state index is 13.9. The molecule has 0 atom stereocenters. The molecule has 0 aromatic heterocycles. The third kappa shape index (κ3) is 5.35. The average molecular weight is 532 g/mol. The molecule has 0 N–H and O–H groups in total. The maximum Gasteiger partial charge on any atom is 0.346 e. The molecular weight excluding hydrogens is 516 g/mol. The minimum Gasteiger partial charge on any atom is -0.493 e. The van der Waals surface area contributed by atoms with E-state index in [4.69, 9.17) is 32.7 Å². The van der Waals surface area contributed by atoms with E-state index in [1.165, 1.54) is 43.5 Å². The summed E-state index contributed by atoms with van der Waals surface area (Å²) in [5.41, 5.74) is 0.779. The molecule has 6 nitrogen and oxygen atoms in total. The average Bonchev–Trinajstić information content (AvgIpc) is 3.09. The van der Waals surface area contributed by atoms with Gasteiger partial charge < -0.3 is 9.47 Å². The first-order chi connectivity index (χ1) is 16.8. The molecule has 3 aromatic carbocycles. The number of ether oxygens (including phenoxy) is 2. The van der Waals surface area contributed by atoms with Crippen LogP contribution >= 0.6 is 35.0 Å². The zero-order chi connectivity index (χ0) is 25.1. The standard InChI is InChI=1S/C25H16Cl2FNO5S/c1-33-21-11-14(9-10-20(21)34-24(31)15-5-2-3-8-19(15)28)12-22-23(30)29(25(32)35-22)13-16-17(26)6-4-7-18(16)27/h2-12H,13H2,1H3/b22-12-. The molecule has 2 amide bonds. The summed E-state index contributed by atoms with van der Waals surface area (Å²) < 4.78 is 24.5. The Hall–Kier alpha value is -3.33. The van der Waals surface area contributed by atoms with Crippen molar-refractivity contribution in [3.8, 4) is 11.5 Å². The molecular formula is C25H16Cl2FNO5S. The molecule has 0 unspecified atom stereocenters. The van der Waals surface area contributed by atoms with Gasteiger partial charge in [0.05, 0.1) is 24.1 Å². The number of thioether (sulfide) groups is 1. The van der Waals surface area contributed by atoms with Crippen molar-refractivity contribution >= 4 is 58.2 Å². The van der Waals surface area contributed by atoms with Crippen LogP contribution in [0.4, 0.5) is 9.18 Å². The lowest BCUT2D eigenvalue weighted by molar-refractivity contribution is -0.123. The van der Waals surface area contributed by atoms with Crippen molar-refractivity contribution in [3.05, 3.63) is 98.1 Å². The highest BCUT2D eigenvalue weighted by Gasteiger charge is 2.35. The minimum atomic E-state index is -0.881. The van der Waals surface area contributed by atoms with E-state index in [1.54, 1.807) is 24.3 Å². The van der Waals surface area contributed by atoms with Gasteiger partial charge in [-0.05, 0) is 59.8 Å². The minimum absolute atomic E-state index is 0.0607. The highest BCUT2D eigenvalue weighted by atomic mass is 35.5. The van der Waals surface area contributed by atoms with E-state index in [9.17, 15) is 18.8 Å². The number of carbonyl (C=O) groups excluding carboxylic acids is 3. The van der Waals surface area contributed by atoms with Gasteiger partial charge in [0.15, 0.2) is 11.5 Å². The number of halogens is 3. The fraction of sp³-hybridized carbons (Fsp3) is 0.0800. The van der Waals surface area contributed by atoms with E-state index in [1.807, 2.05) is 0 Å². The second-order valence-electron chi connectivity index (χ2n) is 7.25. The van der Waals surface area contributed by atoms with E-state index in [0.717, 1.165) is 22.7 Å². The lowest BCUT2D eigenvalue weighted by atomic mass is 10.1. The number of rotatable bonds is 6. The summed E-state index contributed by atoms with van der Waals surface area (Å²) in [6.07, 6.45) is 1.52. The first-order valence-electron chi connectivity index (χ1n) is 10.1. The molecule has 1 saturated heterocycles. The second-order valence-corrected chi connectivity index (χ2v) is 9.06. The molecule has 1 heterocycles. The van der Waals surface area contributed by atoms with Crippen LogP contribution in [-0.4, -0.2) is 29.1 Å². The van der Waals surface area contributed by atoms with Crippen LogP contribution in [0.3, 0.4) is 0 Å². The van der Waals surface area contributed by atoms with Crippen molar-refractivity contribution in [1.82, 2.24) is 4.90 Å². The van der Waals surface area contributed by atoms with Gasteiger partial charge in [-0.15, -0.1) is 0 Å². The SMILES string of the molecule is COc1cc(/C=C2\SC(=O)N(Cc3c(Cl)cccc3Cl)C2=O)ccc1OC(=O)c1ccccc1F. The van der Waals surface area contributed by atoms with Crippen molar-refractivity contribution in [2.24, 2.45) is 0 Å². The normalized spacial score (nSPS) is 14.5. The van der Waals surface area contributed by atoms with Crippen molar-refractivity contribution < 1.29 is 28.2 Å². The number of imide groups is 1. The van der Waals surface area contributed by atoms with Gasteiger partial charge in [-0.2, -0.15) is 0 Å². The Bertz CT molecular complexity index is 1360. The predicted molar refractivity (Wildman–Crippen MR) is 132 cm³/mol. The number of carbonyl (C=O) groups is 3. The van der Waals surface area contributed by atoms with Crippen LogP contribution in [0.1, 0.15) is 21.5 Å². The Morgan fingerprint density at radius 1 is 1.03 bits per heavy atom. The molecule has 3 aromatic rings. The summed E-state index contributed by atoms with van der Waals surface area (Å²) in [7, 11) is 1.38. The van der Waals surface area contributed by atoms with Gasteiger partial charge in [0.1, 0.15) is 5.82 Å². The Morgan fingerprint density at radius 3 is 2.43 bits per heavy atom. The van der Waals surface area contributed by atoms with Gasteiger partial charge in [0, 0.05) is 15.6 Å². The summed E-state index contributed by atoms with van der Waals surface area (Å²) in [6, 6.07) is 14.9. The van der Waals surface area contributed by atoms with E-state index in [-0.39, 0.29) is 28.5 Å². The number of benzene rings is 3. The van der Waals surface area contributed by atoms with Crippen LogP contribution in [0.15, 0.2) is 65.6 Å². The molecule has 4 rings (SSSR count). The van der Waals surface area contributed by atoms with Gasteiger partial charge >= 0.3 is 5.97 Å².